The molecule has 10 heteroatoms. The third kappa shape index (κ3) is 5.02. The Morgan fingerprint density at radius 1 is 1.18 bits per heavy atom. The highest BCUT2D eigenvalue weighted by Crippen LogP contribution is 2.25. The Bertz CT molecular complexity index is 1200. The van der Waals surface area contributed by atoms with Crippen LogP contribution in [-0.2, 0) is 10.4 Å². The third-order valence-electron chi connectivity index (χ3n) is 6.08. The number of nitrogens with zero attached hydrogens (tertiary/aromatic N) is 4. The van der Waals surface area contributed by atoms with Crippen LogP contribution in [0.3, 0.4) is 0 Å². The number of benzene rings is 1. The van der Waals surface area contributed by atoms with Crippen LogP contribution in [0.25, 0.3) is 5.65 Å². The lowest BCUT2D eigenvalue weighted by Gasteiger charge is -2.33. The van der Waals surface area contributed by atoms with Crippen LogP contribution in [-0.4, -0.2) is 62.4 Å². The number of fused-ring (bicyclic) bond motifs is 1. The minimum Gasteiger partial charge on any atom is -0.393 e. The van der Waals surface area contributed by atoms with Gasteiger partial charge >= 0.3 is 0 Å². The first-order chi connectivity index (χ1) is 16.2. The molecule has 2 aromatic heterocycles. The number of hydrogen-bond acceptors (Lipinski definition) is 7. The van der Waals surface area contributed by atoms with Crippen LogP contribution in [0.1, 0.15) is 48.3 Å². The van der Waals surface area contributed by atoms with Crippen LogP contribution in [0.5, 0.6) is 0 Å². The molecule has 1 aromatic carbocycles. The Morgan fingerprint density at radius 2 is 1.85 bits per heavy atom. The second kappa shape index (κ2) is 9.40. The molecule has 1 atom stereocenters. The van der Waals surface area contributed by atoms with Gasteiger partial charge in [-0.05, 0) is 44.4 Å². The first kappa shape index (κ1) is 23.7. The molecule has 1 fully saturated rings. The predicted octanol–water partition coefficient (Wildman–Crippen LogP) is 1.59. The maximum Gasteiger partial charge on any atom is 0.256 e. The molecule has 1 aliphatic heterocycles. The molecule has 180 valence electrons. The topological polar surface area (TPSA) is 132 Å². The van der Waals surface area contributed by atoms with E-state index in [2.05, 4.69) is 25.6 Å². The van der Waals surface area contributed by atoms with E-state index in [0.717, 1.165) is 37.4 Å². The number of hydrogen-bond donors (Lipinski definition) is 4. The maximum atomic E-state index is 12.9. The van der Waals surface area contributed by atoms with Gasteiger partial charge < -0.3 is 25.7 Å². The quantitative estimate of drug-likeness (QED) is 0.434. The summed E-state index contributed by atoms with van der Waals surface area (Å²) in [6.07, 6.45) is 1.63. The van der Waals surface area contributed by atoms with Crippen LogP contribution in [0.15, 0.2) is 36.4 Å². The number of piperidine rings is 1. The first-order valence-corrected chi connectivity index (χ1v) is 11.3. The summed E-state index contributed by atoms with van der Waals surface area (Å²) in [5, 5.41) is 29.9. The number of rotatable bonds is 6. The van der Waals surface area contributed by atoms with Crippen molar-refractivity contribution in [2.75, 3.05) is 29.9 Å². The summed E-state index contributed by atoms with van der Waals surface area (Å²) >= 11 is 0. The fraction of sp³-hybridized carbons (Fsp3) is 0.417. The van der Waals surface area contributed by atoms with Gasteiger partial charge in [0.15, 0.2) is 5.65 Å². The van der Waals surface area contributed by atoms with Crippen molar-refractivity contribution in [3.8, 4) is 0 Å². The minimum absolute atomic E-state index is 0.0227. The van der Waals surface area contributed by atoms with Crippen molar-refractivity contribution < 1.29 is 19.8 Å². The summed E-state index contributed by atoms with van der Waals surface area (Å²) in [5.41, 5.74) is 0.997. The Kier molecular flexibility index (Phi) is 6.54. The van der Waals surface area contributed by atoms with Gasteiger partial charge in [-0.15, -0.1) is 0 Å². The summed E-state index contributed by atoms with van der Waals surface area (Å²) in [7, 11) is 0. The zero-order valence-electron chi connectivity index (χ0n) is 19.6. The van der Waals surface area contributed by atoms with Gasteiger partial charge in [0, 0.05) is 43.8 Å². The minimum atomic E-state index is -1.37. The molecule has 0 spiro atoms. The first-order valence-electron chi connectivity index (χ1n) is 11.3. The molecule has 0 saturated carbocycles. The van der Waals surface area contributed by atoms with Gasteiger partial charge in [0.2, 0.25) is 5.91 Å². The zero-order chi connectivity index (χ0) is 24.5. The second-order valence-electron chi connectivity index (χ2n) is 8.98. The number of aryl methyl sites for hydroxylation is 1. The van der Waals surface area contributed by atoms with Crippen molar-refractivity contribution in [1.29, 1.82) is 0 Å². The fourth-order valence-electron chi connectivity index (χ4n) is 4.16. The predicted molar refractivity (Wildman–Crippen MR) is 128 cm³/mol. The average molecular weight is 467 g/mol. The van der Waals surface area contributed by atoms with Crippen LogP contribution in [0.2, 0.25) is 0 Å². The Labute approximate surface area is 197 Å². The number of anilines is 2. The molecule has 0 bridgehead atoms. The highest BCUT2D eigenvalue weighted by molar-refractivity contribution is 6.04. The Morgan fingerprint density at radius 3 is 2.47 bits per heavy atom. The number of amides is 2. The molecule has 2 amide bonds. The van der Waals surface area contributed by atoms with Crippen molar-refractivity contribution in [3.63, 3.8) is 0 Å². The van der Waals surface area contributed by atoms with E-state index in [1.165, 1.54) is 13.8 Å². The van der Waals surface area contributed by atoms with E-state index in [1.54, 1.807) is 34.8 Å². The molecule has 34 heavy (non-hydrogen) atoms. The number of carbonyl (C=O) groups excluding carboxylic acids is 2. The molecule has 3 heterocycles. The largest absolute Gasteiger partial charge is 0.393 e. The van der Waals surface area contributed by atoms with E-state index in [0.29, 0.717) is 22.6 Å². The van der Waals surface area contributed by atoms with E-state index in [-0.39, 0.29) is 17.9 Å². The van der Waals surface area contributed by atoms with Crippen molar-refractivity contribution >= 4 is 29.1 Å². The van der Waals surface area contributed by atoms with Crippen LogP contribution in [0.4, 0.5) is 11.6 Å². The maximum absolute atomic E-state index is 12.9. The van der Waals surface area contributed by atoms with Gasteiger partial charge in [0.25, 0.3) is 5.91 Å². The smallest absolute Gasteiger partial charge is 0.256 e. The van der Waals surface area contributed by atoms with Crippen LogP contribution in [0, 0.1) is 6.92 Å². The molecule has 1 aliphatic rings. The lowest BCUT2D eigenvalue weighted by Crippen LogP contribution is -2.44. The van der Waals surface area contributed by atoms with E-state index in [1.807, 2.05) is 13.0 Å². The Balaban J connectivity index is 1.55. The van der Waals surface area contributed by atoms with Gasteiger partial charge in [-0.3, -0.25) is 9.59 Å². The molecule has 4 N–H and O–H groups in total. The van der Waals surface area contributed by atoms with Crippen LogP contribution < -0.4 is 15.5 Å². The van der Waals surface area contributed by atoms with Gasteiger partial charge in [0.05, 0.1) is 12.3 Å². The fourth-order valence-corrected chi connectivity index (χ4v) is 4.16. The average Bonchev–Trinajstić information content (AvgIpc) is 3.19. The highest BCUT2D eigenvalue weighted by atomic mass is 16.3. The molecular formula is C24H30N6O4. The lowest BCUT2D eigenvalue weighted by molar-refractivity contribution is -0.119. The van der Waals surface area contributed by atoms with Gasteiger partial charge in [-0.1, -0.05) is 12.1 Å². The van der Waals surface area contributed by atoms with Crippen molar-refractivity contribution in [2.45, 2.75) is 45.3 Å². The molecule has 1 saturated heterocycles. The van der Waals surface area contributed by atoms with Gasteiger partial charge in [0.1, 0.15) is 17.2 Å². The molecule has 0 radical (unpaired) electrons. The van der Waals surface area contributed by atoms with E-state index in [9.17, 15) is 19.8 Å². The molecule has 0 aliphatic carbocycles. The number of carbonyl (C=O) groups is 2. The van der Waals surface area contributed by atoms with Crippen LogP contribution >= 0.6 is 0 Å². The lowest BCUT2D eigenvalue weighted by atomic mass is 9.96. The molecule has 10 nitrogen and oxygen atoms in total. The Hall–Kier alpha value is -3.50. The summed E-state index contributed by atoms with van der Waals surface area (Å²) in [6, 6.07) is 10.3. The van der Waals surface area contributed by atoms with Crippen molar-refractivity contribution in [1.82, 2.24) is 19.9 Å². The monoisotopic (exact) mass is 466 g/mol. The normalized spacial score (nSPS) is 16.3. The summed E-state index contributed by atoms with van der Waals surface area (Å²) in [4.78, 5) is 31.0. The van der Waals surface area contributed by atoms with Gasteiger partial charge in [-0.2, -0.15) is 9.61 Å². The van der Waals surface area contributed by atoms with E-state index >= 15 is 0 Å². The molecule has 0 unspecified atom stereocenters. The zero-order valence-corrected chi connectivity index (χ0v) is 19.6. The van der Waals surface area contributed by atoms with Crippen molar-refractivity contribution in [2.24, 2.45) is 0 Å². The molecule has 4 rings (SSSR count). The number of aliphatic hydroxyl groups is 2. The van der Waals surface area contributed by atoms with E-state index < -0.39 is 12.2 Å². The van der Waals surface area contributed by atoms with Crippen molar-refractivity contribution in [3.05, 3.63) is 53.2 Å². The summed E-state index contributed by atoms with van der Waals surface area (Å²) < 4.78 is 1.77. The number of aliphatic hydroxyl groups excluding tert-OH is 1. The third-order valence-corrected chi connectivity index (χ3v) is 6.08. The molecule has 3 aromatic rings. The summed E-state index contributed by atoms with van der Waals surface area (Å²) in [6.45, 7) is 5.99. The number of nitrogens with one attached hydrogen (secondary N) is 2. The van der Waals surface area contributed by atoms with Gasteiger partial charge in [-0.25, -0.2) is 4.98 Å². The summed E-state index contributed by atoms with van der Waals surface area (Å²) in [5.74, 6) is 0.871. The van der Waals surface area contributed by atoms with E-state index in [4.69, 9.17) is 0 Å². The highest BCUT2D eigenvalue weighted by Gasteiger charge is 2.24. The second-order valence-corrected chi connectivity index (χ2v) is 8.98. The number of aromatic nitrogens is 3. The molecular weight excluding hydrogens is 436 g/mol. The SMILES string of the molecule is CC(=O)NC1CCN(c2cc(NC(=O)c3ccc([C@](C)(O)CO)cc3)nc3cc(C)nn23)CC1. The standard InChI is InChI=1S/C24H30N6O4/c1-15-12-21-26-20(27-23(33)17-4-6-18(7-5-17)24(3,34)14-31)13-22(30(21)28-15)29-10-8-19(9-11-29)25-16(2)32/h4-7,12-13,19,31,34H,8-11,14H2,1-3H3,(H,25,32)(H,26,27,33)/t24-/m1/s1.